The van der Waals surface area contributed by atoms with Crippen LogP contribution in [0.3, 0.4) is 0 Å². The van der Waals surface area contributed by atoms with Gasteiger partial charge in [0.2, 0.25) is 5.91 Å². The molecule has 0 unspecified atom stereocenters. The highest BCUT2D eigenvalue weighted by atomic mass is 16.5. The lowest BCUT2D eigenvalue weighted by Gasteiger charge is -2.18. The number of benzene rings is 2. The second-order valence-electron chi connectivity index (χ2n) is 6.21. The molecule has 8 heteroatoms. The number of methoxy groups -OCH3 is 1. The maximum Gasteiger partial charge on any atom is 0.339 e. The topological polar surface area (TPSA) is 96.0 Å². The van der Waals surface area contributed by atoms with E-state index in [1.807, 2.05) is 30.3 Å². The molecule has 5 amide bonds. The van der Waals surface area contributed by atoms with E-state index in [4.69, 9.17) is 4.74 Å². The average molecular weight is 381 g/mol. The molecule has 8 nitrogen and oxygen atoms in total. The third-order valence-electron chi connectivity index (χ3n) is 4.36. The number of ether oxygens (including phenoxy) is 1. The molecule has 1 atom stereocenters. The molecular weight excluding hydrogens is 362 g/mol. The van der Waals surface area contributed by atoms with Crippen LogP contribution in [0.25, 0.3) is 0 Å². The van der Waals surface area contributed by atoms with Crippen LogP contribution in [0.2, 0.25) is 0 Å². The summed E-state index contributed by atoms with van der Waals surface area (Å²) in [4.78, 5) is 50.7. The van der Waals surface area contributed by atoms with Gasteiger partial charge in [0.25, 0.3) is 0 Å². The van der Waals surface area contributed by atoms with Crippen molar-refractivity contribution in [2.24, 2.45) is 0 Å². The molecule has 0 spiro atoms. The highest BCUT2D eigenvalue weighted by molar-refractivity contribution is 6.53. The summed E-state index contributed by atoms with van der Waals surface area (Å²) in [6.07, 6.45) is 0. The Balaban J connectivity index is 1.70. The first kappa shape index (κ1) is 19.1. The predicted molar refractivity (Wildman–Crippen MR) is 101 cm³/mol. The zero-order valence-corrected chi connectivity index (χ0v) is 15.4. The first-order chi connectivity index (χ1) is 13.4. The van der Waals surface area contributed by atoms with Gasteiger partial charge in [0.05, 0.1) is 18.8 Å². The number of amides is 5. The maximum atomic E-state index is 12.6. The van der Waals surface area contributed by atoms with Gasteiger partial charge in [-0.05, 0) is 36.8 Å². The van der Waals surface area contributed by atoms with E-state index >= 15 is 0 Å². The number of imide groups is 2. The van der Waals surface area contributed by atoms with Crippen LogP contribution >= 0.6 is 0 Å². The Bertz CT molecular complexity index is 911. The van der Waals surface area contributed by atoms with Crippen molar-refractivity contribution >= 4 is 29.4 Å². The van der Waals surface area contributed by atoms with Crippen molar-refractivity contribution in [2.75, 3.05) is 18.6 Å². The van der Waals surface area contributed by atoms with Crippen LogP contribution in [0.1, 0.15) is 18.5 Å². The Morgan fingerprint density at radius 2 is 1.64 bits per heavy atom. The molecule has 0 aromatic heterocycles. The van der Waals surface area contributed by atoms with Gasteiger partial charge in [-0.2, -0.15) is 0 Å². The molecule has 1 heterocycles. The fraction of sp³-hybridized carbons (Fsp3) is 0.200. The second-order valence-corrected chi connectivity index (χ2v) is 6.21. The SMILES string of the molecule is COc1ccc(N2C(=O)C(=O)N(CC(=O)N[C@@H](C)c3ccccc3)C2=O)cc1. The van der Waals surface area contributed by atoms with Crippen LogP contribution < -0.4 is 15.0 Å². The van der Waals surface area contributed by atoms with Gasteiger partial charge in [0, 0.05) is 0 Å². The van der Waals surface area contributed by atoms with Crippen LogP contribution in [-0.4, -0.2) is 42.3 Å². The van der Waals surface area contributed by atoms with E-state index in [1.54, 1.807) is 19.1 Å². The zero-order valence-electron chi connectivity index (χ0n) is 15.4. The van der Waals surface area contributed by atoms with Gasteiger partial charge < -0.3 is 10.1 Å². The molecule has 144 valence electrons. The minimum atomic E-state index is -1.04. The van der Waals surface area contributed by atoms with Crippen LogP contribution in [0.4, 0.5) is 10.5 Å². The molecule has 2 aromatic carbocycles. The molecule has 0 aliphatic carbocycles. The van der Waals surface area contributed by atoms with Gasteiger partial charge in [0.15, 0.2) is 0 Å². The van der Waals surface area contributed by atoms with Crippen LogP contribution in [0.5, 0.6) is 5.75 Å². The highest BCUT2D eigenvalue weighted by Crippen LogP contribution is 2.24. The molecule has 0 bridgehead atoms. The van der Waals surface area contributed by atoms with Crippen LogP contribution in [0, 0.1) is 0 Å². The maximum absolute atomic E-state index is 12.6. The number of carbonyl (C=O) groups excluding carboxylic acids is 4. The third kappa shape index (κ3) is 3.71. The fourth-order valence-corrected chi connectivity index (χ4v) is 2.86. The van der Waals surface area contributed by atoms with E-state index in [9.17, 15) is 19.2 Å². The molecule has 1 aliphatic heterocycles. The van der Waals surface area contributed by atoms with Gasteiger partial charge in [-0.15, -0.1) is 0 Å². The lowest BCUT2D eigenvalue weighted by Crippen LogP contribution is -2.42. The molecule has 2 aromatic rings. The lowest BCUT2D eigenvalue weighted by molar-refractivity contribution is -0.140. The Labute approximate surface area is 161 Å². The quantitative estimate of drug-likeness (QED) is 0.609. The average Bonchev–Trinajstić information content (AvgIpc) is 2.92. The highest BCUT2D eigenvalue weighted by Gasteiger charge is 2.46. The molecule has 1 saturated heterocycles. The second kappa shape index (κ2) is 7.91. The van der Waals surface area contributed by atoms with Gasteiger partial charge in [-0.3, -0.25) is 14.4 Å². The van der Waals surface area contributed by atoms with Crippen molar-refractivity contribution in [1.29, 1.82) is 0 Å². The number of hydrogen-bond donors (Lipinski definition) is 1. The van der Waals surface area contributed by atoms with Crippen molar-refractivity contribution < 1.29 is 23.9 Å². The number of urea groups is 1. The normalized spacial score (nSPS) is 15.0. The number of anilines is 1. The minimum Gasteiger partial charge on any atom is -0.497 e. The standard InChI is InChI=1S/C20H19N3O5/c1-13(14-6-4-3-5-7-14)21-17(24)12-22-18(25)19(26)23(20(22)27)15-8-10-16(28-2)11-9-15/h3-11,13H,12H2,1-2H3,(H,21,24)/t13-/m0/s1. The number of nitrogens with one attached hydrogen (secondary N) is 1. The Morgan fingerprint density at radius 1 is 1.00 bits per heavy atom. The summed E-state index contributed by atoms with van der Waals surface area (Å²) < 4.78 is 5.04. The first-order valence-corrected chi connectivity index (χ1v) is 8.60. The Morgan fingerprint density at radius 3 is 2.25 bits per heavy atom. The smallest absolute Gasteiger partial charge is 0.339 e. The monoisotopic (exact) mass is 381 g/mol. The molecule has 3 rings (SSSR count). The molecular formula is C20H19N3O5. The predicted octanol–water partition coefficient (Wildman–Crippen LogP) is 1.87. The van der Waals surface area contributed by atoms with Crippen molar-refractivity contribution in [2.45, 2.75) is 13.0 Å². The molecule has 1 N–H and O–H groups in total. The van der Waals surface area contributed by atoms with Crippen molar-refractivity contribution in [3.63, 3.8) is 0 Å². The van der Waals surface area contributed by atoms with Crippen LogP contribution in [-0.2, 0) is 14.4 Å². The molecule has 1 fully saturated rings. The summed E-state index contributed by atoms with van der Waals surface area (Å²) in [6, 6.07) is 14.2. The van der Waals surface area contributed by atoms with E-state index in [0.717, 1.165) is 10.5 Å². The summed E-state index contributed by atoms with van der Waals surface area (Å²) >= 11 is 0. The lowest BCUT2D eigenvalue weighted by atomic mass is 10.1. The summed E-state index contributed by atoms with van der Waals surface area (Å²) in [5.41, 5.74) is 1.11. The summed E-state index contributed by atoms with van der Waals surface area (Å²) in [5.74, 6) is -2.04. The number of carbonyl (C=O) groups is 4. The fourth-order valence-electron chi connectivity index (χ4n) is 2.86. The summed E-state index contributed by atoms with van der Waals surface area (Å²) in [5, 5.41) is 2.72. The van der Waals surface area contributed by atoms with E-state index in [-0.39, 0.29) is 11.7 Å². The van der Waals surface area contributed by atoms with E-state index in [1.165, 1.54) is 19.2 Å². The van der Waals surface area contributed by atoms with Crippen molar-refractivity contribution in [1.82, 2.24) is 10.2 Å². The van der Waals surface area contributed by atoms with Gasteiger partial charge in [-0.25, -0.2) is 14.6 Å². The Hall–Kier alpha value is -3.68. The van der Waals surface area contributed by atoms with Crippen LogP contribution in [0.15, 0.2) is 54.6 Å². The molecule has 28 heavy (non-hydrogen) atoms. The minimum absolute atomic E-state index is 0.227. The number of rotatable bonds is 6. The van der Waals surface area contributed by atoms with Gasteiger partial charge in [0.1, 0.15) is 12.3 Å². The molecule has 0 radical (unpaired) electrons. The van der Waals surface area contributed by atoms with Crippen molar-refractivity contribution in [3.8, 4) is 5.75 Å². The van der Waals surface area contributed by atoms with E-state index < -0.39 is 30.3 Å². The number of hydrogen-bond acceptors (Lipinski definition) is 5. The van der Waals surface area contributed by atoms with Crippen molar-refractivity contribution in [3.05, 3.63) is 60.2 Å². The van der Waals surface area contributed by atoms with Gasteiger partial charge >= 0.3 is 17.8 Å². The van der Waals surface area contributed by atoms with Gasteiger partial charge in [-0.1, -0.05) is 30.3 Å². The largest absolute Gasteiger partial charge is 0.497 e. The molecule has 1 aliphatic rings. The third-order valence-corrected chi connectivity index (χ3v) is 4.36. The number of nitrogens with zero attached hydrogens (tertiary/aromatic N) is 2. The van der Waals surface area contributed by atoms with E-state index in [0.29, 0.717) is 10.6 Å². The molecule has 0 saturated carbocycles. The first-order valence-electron chi connectivity index (χ1n) is 8.60. The zero-order chi connectivity index (χ0) is 20.3. The Kier molecular flexibility index (Phi) is 5.39. The van der Waals surface area contributed by atoms with E-state index in [2.05, 4.69) is 5.32 Å². The summed E-state index contributed by atoms with van der Waals surface area (Å²) in [6.45, 7) is 1.25. The summed E-state index contributed by atoms with van der Waals surface area (Å²) in [7, 11) is 1.49.